The second kappa shape index (κ2) is 9.37. The Kier molecular flexibility index (Phi) is 6.35. The van der Waals surface area contributed by atoms with Crippen molar-refractivity contribution >= 4 is 30.6 Å². The van der Waals surface area contributed by atoms with Crippen LogP contribution in [0, 0.1) is 10.1 Å². The third-order valence-electron chi connectivity index (χ3n) is 5.84. The Hall–Kier alpha value is -3.60. The number of phosphoric ester groups is 1. The number of nitro benzene ring substituents is 1. The van der Waals surface area contributed by atoms with Crippen LogP contribution in [-0.2, 0) is 29.5 Å². The SMILES string of the molecule is COc1cc(CO[P@@]2(=O)OC[C@@H]3O[C@@H](n4cnc5c(=O)[nH]c(N)nc54)[C@H](O)[C@@H]3O2)c([N+](=O)[O-])cc1OC. The van der Waals surface area contributed by atoms with Crippen molar-refractivity contribution in [3.05, 3.63) is 44.5 Å². The normalized spacial score (nSPS) is 27.2. The number of aromatic amines is 1. The fourth-order valence-corrected chi connectivity index (χ4v) is 5.48. The minimum absolute atomic E-state index is 0.0204. The number of aliphatic hydroxyl groups is 1. The maximum Gasteiger partial charge on any atom is 0.475 e. The van der Waals surface area contributed by atoms with Gasteiger partial charge in [-0.15, -0.1) is 0 Å². The lowest BCUT2D eigenvalue weighted by molar-refractivity contribution is -0.385. The third-order valence-corrected chi connectivity index (χ3v) is 7.25. The van der Waals surface area contributed by atoms with E-state index < -0.39 is 49.5 Å². The molecule has 198 valence electrons. The molecular formula is C19H21N6O11P. The molecule has 2 saturated heterocycles. The number of hydrogen-bond acceptors (Lipinski definition) is 14. The van der Waals surface area contributed by atoms with Gasteiger partial charge < -0.3 is 25.1 Å². The lowest BCUT2D eigenvalue weighted by Gasteiger charge is -2.30. The highest BCUT2D eigenvalue weighted by molar-refractivity contribution is 7.48. The highest BCUT2D eigenvalue weighted by Crippen LogP contribution is 2.57. The van der Waals surface area contributed by atoms with Gasteiger partial charge >= 0.3 is 7.82 Å². The predicted octanol–water partition coefficient (Wildman–Crippen LogP) is 0.626. The number of H-pyrrole nitrogens is 1. The molecule has 5 rings (SSSR count). The quantitative estimate of drug-likeness (QED) is 0.212. The van der Waals surface area contributed by atoms with Crippen molar-refractivity contribution in [2.75, 3.05) is 26.6 Å². The molecule has 2 aromatic heterocycles. The van der Waals surface area contributed by atoms with E-state index in [0.717, 1.165) is 6.07 Å². The molecule has 4 heterocycles. The average Bonchev–Trinajstić information content (AvgIpc) is 3.42. The van der Waals surface area contributed by atoms with E-state index in [-0.39, 0.29) is 46.5 Å². The molecule has 1 aromatic carbocycles. The number of rotatable bonds is 7. The maximum atomic E-state index is 13.2. The average molecular weight is 540 g/mol. The van der Waals surface area contributed by atoms with E-state index in [9.17, 15) is 24.6 Å². The Bertz CT molecular complexity index is 1470. The lowest BCUT2D eigenvalue weighted by Crippen LogP contribution is -2.39. The number of aliphatic hydroxyl groups excluding tert-OH is 1. The molecule has 0 radical (unpaired) electrons. The first-order valence-electron chi connectivity index (χ1n) is 10.7. The second-order valence-electron chi connectivity index (χ2n) is 8.01. The summed E-state index contributed by atoms with van der Waals surface area (Å²) < 4.78 is 46.7. The van der Waals surface area contributed by atoms with Crippen molar-refractivity contribution in [1.82, 2.24) is 19.5 Å². The number of nitrogens with two attached hydrogens (primary N) is 1. The van der Waals surface area contributed by atoms with Gasteiger partial charge in [-0.2, -0.15) is 4.98 Å². The molecule has 18 heteroatoms. The number of imidazole rings is 1. The van der Waals surface area contributed by atoms with E-state index >= 15 is 0 Å². The summed E-state index contributed by atoms with van der Waals surface area (Å²) in [6.45, 7) is -0.823. The van der Waals surface area contributed by atoms with Gasteiger partial charge in [-0.3, -0.25) is 38.0 Å². The van der Waals surface area contributed by atoms with Crippen molar-refractivity contribution in [3.8, 4) is 11.5 Å². The van der Waals surface area contributed by atoms with Gasteiger partial charge in [0.1, 0.15) is 18.3 Å². The molecule has 0 saturated carbocycles. The van der Waals surface area contributed by atoms with Crippen molar-refractivity contribution in [1.29, 1.82) is 0 Å². The Balaban J connectivity index is 1.35. The summed E-state index contributed by atoms with van der Waals surface area (Å²) >= 11 is 0. The number of nitro groups is 1. The molecule has 2 aliphatic rings. The number of fused-ring (bicyclic) bond motifs is 2. The number of nitrogens with one attached hydrogen (secondary N) is 1. The molecule has 2 aliphatic heterocycles. The predicted molar refractivity (Wildman–Crippen MR) is 122 cm³/mol. The fourth-order valence-electron chi connectivity index (χ4n) is 4.10. The molecular weight excluding hydrogens is 519 g/mol. The summed E-state index contributed by atoms with van der Waals surface area (Å²) in [4.78, 5) is 33.3. The Morgan fingerprint density at radius 3 is 2.78 bits per heavy atom. The monoisotopic (exact) mass is 540 g/mol. The van der Waals surface area contributed by atoms with E-state index in [1.165, 1.54) is 31.2 Å². The van der Waals surface area contributed by atoms with Crippen LogP contribution in [0.15, 0.2) is 23.3 Å². The van der Waals surface area contributed by atoms with Gasteiger partial charge in [-0.25, -0.2) is 9.55 Å². The first-order chi connectivity index (χ1) is 17.6. The summed E-state index contributed by atoms with van der Waals surface area (Å²) in [5, 5.41) is 22.4. The van der Waals surface area contributed by atoms with Crippen molar-refractivity contribution < 1.29 is 42.4 Å². The maximum absolute atomic E-state index is 13.2. The van der Waals surface area contributed by atoms with Gasteiger partial charge in [0.2, 0.25) is 5.95 Å². The number of hydrogen-bond donors (Lipinski definition) is 3. The number of nitrogen functional groups attached to an aromatic ring is 1. The molecule has 2 fully saturated rings. The van der Waals surface area contributed by atoms with Crippen LogP contribution in [0.3, 0.4) is 0 Å². The van der Waals surface area contributed by atoms with Crippen LogP contribution in [0.4, 0.5) is 11.6 Å². The summed E-state index contributed by atoms with van der Waals surface area (Å²) in [5.41, 5.74) is 4.73. The molecule has 0 spiro atoms. The highest BCUT2D eigenvalue weighted by atomic mass is 31.2. The number of methoxy groups -OCH3 is 2. The zero-order chi connectivity index (χ0) is 26.5. The van der Waals surface area contributed by atoms with Crippen LogP contribution in [0.2, 0.25) is 0 Å². The first kappa shape index (κ1) is 25.1. The Morgan fingerprint density at radius 2 is 2.08 bits per heavy atom. The summed E-state index contributed by atoms with van der Waals surface area (Å²) in [7, 11) is -1.62. The topological polar surface area (TPSA) is 225 Å². The lowest BCUT2D eigenvalue weighted by atomic mass is 10.1. The van der Waals surface area contributed by atoms with Crippen LogP contribution in [0.25, 0.3) is 11.2 Å². The zero-order valence-electron chi connectivity index (χ0n) is 19.3. The molecule has 0 bridgehead atoms. The number of benzene rings is 1. The molecule has 17 nitrogen and oxygen atoms in total. The van der Waals surface area contributed by atoms with Crippen LogP contribution in [0.1, 0.15) is 11.8 Å². The number of aromatic nitrogens is 4. The molecule has 0 amide bonds. The molecule has 37 heavy (non-hydrogen) atoms. The largest absolute Gasteiger partial charge is 0.493 e. The van der Waals surface area contributed by atoms with E-state index in [1.54, 1.807) is 0 Å². The van der Waals surface area contributed by atoms with Crippen LogP contribution in [-0.4, -0.2) is 68.7 Å². The third kappa shape index (κ3) is 4.41. The van der Waals surface area contributed by atoms with Gasteiger partial charge in [0.05, 0.1) is 50.3 Å². The van der Waals surface area contributed by atoms with E-state index in [1.807, 2.05) is 0 Å². The standard InChI is InChI=1S/C19H21N6O11P/c1-31-10-3-8(9(25(28)29)4-11(10)32-2)5-33-37(30)34-6-12-15(36-37)14(26)18(35-12)24-7-21-13-16(24)22-19(20)23-17(13)27/h3-4,7,12,14-15,18,26H,5-6H2,1-2H3,(H3,20,22,23,27)/t12-,14+,15+,18+,37-/m0/s1. The number of ether oxygens (including phenoxy) is 3. The van der Waals surface area contributed by atoms with Gasteiger partial charge in [0.25, 0.3) is 11.2 Å². The molecule has 0 aliphatic carbocycles. The van der Waals surface area contributed by atoms with E-state index in [4.69, 9.17) is 33.5 Å². The smallest absolute Gasteiger partial charge is 0.475 e. The second-order valence-corrected chi connectivity index (χ2v) is 9.63. The molecule has 5 atom stereocenters. The van der Waals surface area contributed by atoms with Crippen LogP contribution < -0.4 is 20.8 Å². The molecule has 3 aromatic rings. The van der Waals surface area contributed by atoms with E-state index in [2.05, 4.69) is 15.0 Å². The van der Waals surface area contributed by atoms with Gasteiger partial charge in [-0.1, -0.05) is 0 Å². The van der Waals surface area contributed by atoms with Crippen molar-refractivity contribution in [2.45, 2.75) is 31.1 Å². The van der Waals surface area contributed by atoms with Gasteiger partial charge in [-0.05, 0) is 6.07 Å². The van der Waals surface area contributed by atoms with Crippen LogP contribution >= 0.6 is 7.82 Å². The van der Waals surface area contributed by atoms with E-state index in [0.29, 0.717) is 0 Å². The zero-order valence-corrected chi connectivity index (χ0v) is 20.2. The van der Waals surface area contributed by atoms with Gasteiger partial charge in [0, 0.05) is 0 Å². The first-order valence-corrected chi connectivity index (χ1v) is 12.1. The molecule has 4 N–H and O–H groups in total. The van der Waals surface area contributed by atoms with Gasteiger partial charge in [0.15, 0.2) is 28.9 Å². The Morgan fingerprint density at radius 1 is 1.35 bits per heavy atom. The minimum atomic E-state index is -4.30. The summed E-state index contributed by atoms with van der Waals surface area (Å²) in [6.07, 6.45) is -3.32. The number of phosphoric acid groups is 1. The van der Waals surface area contributed by atoms with Crippen molar-refractivity contribution in [3.63, 3.8) is 0 Å². The van der Waals surface area contributed by atoms with Crippen molar-refractivity contribution in [2.24, 2.45) is 0 Å². The van der Waals surface area contributed by atoms with Crippen LogP contribution in [0.5, 0.6) is 11.5 Å². The Labute approximate surface area is 206 Å². The summed E-state index contributed by atoms with van der Waals surface area (Å²) in [6, 6.07) is 2.45. The fraction of sp³-hybridized carbons (Fsp3) is 0.421. The number of anilines is 1. The summed E-state index contributed by atoms with van der Waals surface area (Å²) in [5.74, 6) is 0.157. The highest BCUT2D eigenvalue weighted by Gasteiger charge is 2.53. The minimum Gasteiger partial charge on any atom is -0.493 e. The number of nitrogens with zero attached hydrogens (tertiary/aromatic N) is 4. The molecule has 0 unspecified atom stereocenters.